The molecule has 1 aromatic heterocycles. The van der Waals surface area contributed by atoms with Crippen molar-refractivity contribution in [2.24, 2.45) is 16.6 Å². The smallest absolute Gasteiger partial charge is 0.188 e. The van der Waals surface area contributed by atoms with Gasteiger partial charge in [0, 0.05) is 18.9 Å². The summed E-state index contributed by atoms with van der Waals surface area (Å²) in [5.74, 6) is 1.06. The zero-order chi connectivity index (χ0) is 12.0. The minimum atomic E-state index is 0.497. The minimum absolute atomic E-state index is 0.497. The van der Waals surface area contributed by atoms with Crippen LogP contribution in [0.2, 0.25) is 0 Å². The van der Waals surface area contributed by atoms with E-state index in [-0.39, 0.29) is 0 Å². The van der Waals surface area contributed by atoms with Crippen LogP contribution >= 0.6 is 0 Å². The van der Waals surface area contributed by atoms with Crippen molar-refractivity contribution in [1.82, 2.24) is 10.3 Å². The van der Waals surface area contributed by atoms with Crippen LogP contribution in [0.3, 0.4) is 0 Å². The summed E-state index contributed by atoms with van der Waals surface area (Å²) >= 11 is 0. The average Bonchev–Trinajstić information content (AvgIpc) is 2.25. The number of aryl methyl sites for hydroxylation is 1. The largest absolute Gasteiger partial charge is 0.370 e. The summed E-state index contributed by atoms with van der Waals surface area (Å²) in [6.07, 6.45) is 3.61. The normalized spacial score (nSPS) is 11.9. The predicted molar refractivity (Wildman–Crippen MR) is 67.1 cm³/mol. The van der Waals surface area contributed by atoms with Crippen molar-refractivity contribution in [1.29, 1.82) is 0 Å². The summed E-state index contributed by atoms with van der Waals surface area (Å²) in [4.78, 5) is 8.34. The Morgan fingerprint density at radius 3 is 2.94 bits per heavy atom. The van der Waals surface area contributed by atoms with Crippen molar-refractivity contribution >= 4 is 5.96 Å². The van der Waals surface area contributed by atoms with E-state index in [4.69, 9.17) is 5.73 Å². The van der Waals surface area contributed by atoms with E-state index in [2.05, 4.69) is 29.1 Å². The minimum Gasteiger partial charge on any atom is -0.370 e. The van der Waals surface area contributed by atoms with Crippen LogP contribution in [0.1, 0.15) is 25.0 Å². The van der Waals surface area contributed by atoms with E-state index in [1.165, 1.54) is 5.56 Å². The van der Waals surface area contributed by atoms with E-state index in [9.17, 15) is 0 Å². The summed E-state index contributed by atoms with van der Waals surface area (Å²) in [6, 6.07) is 1.97. The maximum atomic E-state index is 5.74. The van der Waals surface area contributed by atoms with E-state index in [0.717, 1.165) is 12.1 Å². The number of aromatic nitrogens is 1. The Labute approximate surface area is 97.0 Å². The van der Waals surface area contributed by atoms with E-state index in [0.29, 0.717) is 18.4 Å². The monoisotopic (exact) mass is 220 g/mol. The molecule has 0 spiro atoms. The summed E-state index contributed by atoms with van der Waals surface area (Å²) < 4.78 is 0. The number of rotatable bonds is 4. The number of pyridine rings is 1. The van der Waals surface area contributed by atoms with Gasteiger partial charge in [0.25, 0.3) is 0 Å². The lowest BCUT2D eigenvalue weighted by atomic mass is 10.2. The Bertz CT molecular complexity index is 358. The third-order valence-electron chi connectivity index (χ3n) is 2.26. The van der Waals surface area contributed by atoms with E-state index in [1.54, 1.807) is 6.20 Å². The van der Waals surface area contributed by atoms with Crippen molar-refractivity contribution in [3.63, 3.8) is 0 Å². The lowest BCUT2D eigenvalue weighted by molar-refractivity contribution is 0.622. The zero-order valence-electron chi connectivity index (χ0n) is 10.2. The van der Waals surface area contributed by atoms with Gasteiger partial charge in [-0.25, -0.2) is 4.99 Å². The van der Waals surface area contributed by atoms with E-state index < -0.39 is 0 Å². The molecular weight excluding hydrogens is 200 g/mol. The third kappa shape index (κ3) is 4.29. The highest BCUT2D eigenvalue weighted by molar-refractivity contribution is 5.77. The first-order valence-corrected chi connectivity index (χ1v) is 5.53. The van der Waals surface area contributed by atoms with Crippen LogP contribution in [-0.4, -0.2) is 17.5 Å². The molecule has 0 saturated carbocycles. The standard InChI is InChI=1S/C12H20N4/c1-9(2)6-15-12(13)16-8-11-7-14-5-4-10(11)3/h4-5,7,9H,6,8H2,1-3H3,(H3,13,15,16). The number of aliphatic imine (C=N–C) groups is 1. The van der Waals surface area contributed by atoms with Crippen LogP contribution in [0, 0.1) is 12.8 Å². The van der Waals surface area contributed by atoms with Gasteiger partial charge >= 0.3 is 0 Å². The molecule has 88 valence electrons. The predicted octanol–water partition coefficient (Wildman–Crippen LogP) is 1.45. The molecule has 0 aliphatic carbocycles. The van der Waals surface area contributed by atoms with Gasteiger partial charge < -0.3 is 11.1 Å². The number of hydrogen-bond donors (Lipinski definition) is 2. The van der Waals surface area contributed by atoms with Gasteiger partial charge in [-0.15, -0.1) is 0 Å². The second-order valence-electron chi connectivity index (χ2n) is 4.28. The molecule has 16 heavy (non-hydrogen) atoms. The molecule has 4 heteroatoms. The van der Waals surface area contributed by atoms with Gasteiger partial charge in [-0.2, -0.15) is 0 Å². The summed E-state index contributed by atoms with van der Waals surface area (Å²) in [6.45, 7) is 7.74. The second kappa shape index (κ2) is 6.10. The Hall–Kier alpha value is -1.58. The van der Waals surface area contributed by atoms with Gasteiger partial charge in [-0.05, 0) is 30.0 Å². The highest BCUT2D eigenvalue weighted by Gasteiger charge is 1.98. The number of guanidine groups is 1. The first kappa shape index (κ1) is 12.5. The van der Waals surface area contributed by atoms with Gasteiger partial charge in [0.1, 0.15) is 0 Å². The molecule has 0 unspecified atom stereocenters. The molecular formula is C12H20N4. The third-order valence-corrected chi connectivity index (χ3v) is 2.26. The number of hydrogen-bond acceptors (Lipinski definition) is 2. The Morgan fingerprint density at radius 2 is 2.31 bits per heavy atom. The molecule has 3 N–H and O–H groups in total. The van der Waals surface area contributed by atoms with Gasteiger partial charge in [-0.1, -0.05) is 13.8 Å². The summed E-state index contributed by atoms with van der Waals surface area (Å²) in [5, 5.41) is 3.08. The second-order valence-corrected chi connectivity index (χ2v) is 4.28. The molecule has 0 radical (unpaired) electrons. The SMILES string of the molecule is Cc1ccncc1CN=C(N)NCC(C)C. The van der Waals surface area contributed by atoms with E-state index in [1.807, 2.05) is 19.2 Å². The maximum Gasteiger partial charge on any atom is 0.188 e. The molecule has 0 bridgehead atoms. The number of nitrogens with one attached hydrogen (secondary N) is 1. The van der Waals surface area contributed by atoms with Crippen LogP contribution in [0.4, 0.5) is 0 Å². The molecule has 0 fully saturated rings. The van der Waals surface area contributed by atoms with Gasteiger partial charge in [-0.3, -0.25) is 4.98 Å². The average molecular weight is 220 g/mol. The van der Waals surface area contributed by atoms with Crippen LogP contribution in [-0.2, 0) is 6.54 Å². The Morgan fingerprint density at radius 1 is 1.56 bits per heavy atom. The Kier molecular flexibility index (Phi) is 4.76. The van der Waals surface area contributed by atoms with Crippen molar-refractivity contribution in [2.75, 3.05) is 6.54 Å². The van der Waals surface area contributed by atoms with Crippen LogP contribution in [0.25, 0.3) is 0 Å². The van der Waals surface area contributed by atoms with Crippen molar-refractivity contribution in [3.8, 4) is 0 Å². The van der Waals surface area contributed by atoms with Crippen LogP contribution < -0.4 is 11.1 Å². The fourth-order valence-electron chi connectivity index (χ4n) is 1.20. The van der Waals surface area contributed by atoms with Crippen molar-refractivity contribution < 1.29 is 0 Å². The highest BCUT2D eigenvalue weighted by Crippen LogP contribution is 2.05. The number of nitrogens with zero attached hydrogens (tertiary/aromatic N) is 2. The lowest BCUT2D eigenvalue weighted by Crippen LogP contribution is -2.34. The first-order valence-electron chi connectivity index (χ1n) is 5.53. The number of nitrogens with two attached hydrogens (primary N) is 1. The maximum absolute atomic E-state index is 5.74. The first-order chi connectivity index (χ1) is 7.59. The molecule has 0 atom stereocenters. The molecule has 0 aliphatic rings. The molecule has 0 aliphatic heterocycles. The molecule has 0 aromatic carbocycles. The fourth-order valence-corrected chi connectivity index (χ4v) is 1.20. The topological polar surface area (TPSA) is 63.3 Å². The highest BCUT2D eigenvalue weighted by atomic mass is 15.1. The van der Waals surface area contributed by atoms with Gasteiger partial charge in [0.2, 0.25) is 0 Å². The fraction of sp³-hybridized carbons (Fsp3) is 0.500. The molecule has 1 rings (SSSR count). The van der Waals surface area contributed by atoms with Crippen molar-refractivity contribution in [3.05, 3.63) is 29.6 Å². The zero-order valence-corrected chi connectivity index (χ0v) is 10.2. The quantitative estimate of drug-likeness (QED) is 0.596. The molecule has 0 saturated heterocycles. The molecule has 1 aromatic rings. The lowest BCUT2D eigenvalue weighted by Gasteiger charge is -2.08. The van der Waals surface area contributed by atoms with Gasteiger partial charge in [0.15, 0.2) is 5.96 Å². The van der Waals surface area contributed by atoms with Crippen molar-refractivity contribution in [2.45, 2.75) is 27.3 Å². The van der Waals surface area contributed by atoms with Crippen LogP contribution in [0.15, 0.2) is 23.5 Å². The summed E-state index contributed by atoms with van der Waals surface area (Å²) in [5.41, 5.74) is 8.04. The van der Waals surface area contributed by atoms with Crippen LogP contribution in [0.5, 0.6) is 0 Å². The van der Waals surface area contributed by atoms with Gasteiger partial charge in [0.05, 0.1) is 6.54 Å². The Balaban J connectivity index is 2.49. The summed E-state index contributed by atoms with van der Waals surface area (Å²) in [7, 11) is 0. The molecule has 1 heterocycles. The van der Waals surface area contributed by atoms with E-state index >= 15 is 0 Å². The molecule has 0 amide bonds. The molecule has 4 nitrogen and oxygen atoms in total.